The number of benzene rings is 2. The molecule has 0 aromatic heterocycles. The van der Waals surface area contributed by atoms with Crippen LogP contribution in [0.5, 0.6) is 0 Å². The lowest BCUT2D eigenvalue weighted by atomic mass is 9.83. The second-order valence-corrected chi connectivity index (χ2v) is 6.81. The first-order valence-electron chi connectivity index (χ1n) is 8.26. The predicted molar refractivity (Wildman–Crippen MR) is 98.5 cm³/mol. The van der Waals surface area contributed by atoms with Crippen molar-refractivity contribution in [2.75, 3.05) is 10.6 Å². The average molecular weight is 372 g/mol. The zero-order valence-electron chi connectivity index (χ0n) is 14.8. The highest BCUT2D eigenvalue weighted by atomic mass is 19.2. The molecule has 0 spiro atoms. The van der Waals surface area contributed by atoms with Gasteiger partial charge in [-0.1, -0.05) is 32.0 Å². The number of carbonyl (C=O) groups excluding carboxylic acids is 2. The van der Waals surface area contributed by atoms with E-state index >= 15 is 0 Å². The maximum Gasteiger partial charge on any atom is 0.323 e. The summed E-state index contributed by atoms with van der Waals surface area (Å²) in [5.74, 6) is -2.22. The Kier molecular flexibility index (Phi) is 4.89. The van der Waals surface area contributed by atoms with Gasteiger partial charge in [0.1, 0.15) is 0 Å². The summed E-state index contributed by atoms with van der Waals surface area (Å²) in [7, 11) is 0. The van der Waals surface area contributed by atoms with Crippen LogP contribution in [0.3, 0.4) is 0 Å². The van der Waals surface area contributed by atoms with Gasteiger partial charge in [0.2, 0.25) is 5.91 Å². The topological polar surface area (TPSA) is 82.6 Å². The second-order valence-electron chi connectivity index (χ2n) is 6.81. The highest BCUT2D eigenvalue weighted by molar-refractivity contribution is 6.11. The number of halogens is 2. The van der Waals surface area contributed by atoms with Gasteiger partial charge in [0.25, 0.3) is 0 Å². The number of carbonyl (C=O) groups is 2. The molecule has 0 radical (unpaired) electrons. The van der Waals surface area contributed by atoms with Gasteiger partial charge in [-0.15, -0.1) is 0 Å². The molecule has 1 heterocycles. The average Bonchev–Trinajstić information content (AvgIpc) is 2.61. The van der Waals surface area contributed by atoms with Gasteiger partial charge in [-0.05, 0) is 18.2 Å². The predicted octanol–water partition coefficient (Wildman–Crippen LogP) is 3.86. The minimum absolute atomic E-state index is 0.118. The molecule has 0 atom stereocenters. The Morgan fingerprint density at radius 3 is 2.56 bits per heavy atom. The number of urea groups is 1. The van der Waals surface area contributed by atoms with Crippen LogP contribution in [-0.4, -0.2) is 17.6 Å². The van der Waals surface area contributed by atoms with E-state index in [-0.39, 0.29) is 11.6 Å². The van der Waals surface area contributed by atoms with Crippen LogP contribution >= 0.6 is 0 Å². The molecule has 1 aliphatic heterocycles. The Bertz CT molecular complexity index is 941. The van der Waals surface area contributed by atoms with Crippen LogP contribution in [0.4, 0.5) is 25.0 Å². The third-order valence-electron chi connectivity index (χ3n) is 4.18. The fourth-order valence-electron chi connectivity index (χ4n) is 2.67. The van der Waals surface area contributed by atoms with Gasteiger partial charge in [0, 0.05) is 23.7 Å². The van der Waals surface area contributed by atoms with Crippen LogP contribution < -0.4 is 16.1 Å². The van der Waals surface area contributed by atoms with E-state index in [9.17, 15) is 18.4 Å². The molecule has 3 amide bonds. The normalized spacial score (nSPS) is 15.6. The minimum atomic E-state index is -1.05. The summed E-state index contributed by atoms with van der Waals surface area (Å²) in [4.78, 5) is 24.1. The van der Waals surface area contributed by atoms with Crippen LogP contribution in [0, 0.1) is 17.0 Å². The number of anilines is 2. The van der Waals surface area contributed by atoms with Crippen molar-refractivity contribution in [1.29, 1.82) is 0 Å². The van der Waals surface area contributed by atoms with Crippen LogP contribution in [-0.2, 0) is 4.79 Å². The van der Waals surface area contributed by atoms with Gasteiger partial charge in [-0.2, -0.15) is 5.10 Å². The van der Waals surface area contributed by atoms with E-state index < -0.39 is 23.1 Å². The Morgan fingerprint density at radius 1 is 1.11 bits per heavy atom. The summed E-state index contributed by atoms with van der Waals surface area (Å²) in [5.41, 5.74) is 3.75. The first kappa shape index (κ1) is 18.5. The van der Waals surface area contributed by atoms with Crippen molar-refractivity contribution in [3.8, 4) is 0 Å². The molecular formula is C19H18F2N4O2. The van der Waals surface area contributed by atoms with E-state index in [2.05, 4.69) is 21.2 Å². The van der Waals surface area contributed by atoms with Crippen molar-refractivity contribution in [2.24, 2.45) is 10.5 Å². The van der Waals surface area contributed by atoms with E-state index in [1.807, 2.05) is 13.8 Å². The number of para-hydroxylation sites is 1. The summed E-state index contributed by atoms with van der Waals surface area (Å²) in [6.45, 7) is 3.62. The summed E-state index contributed by atoms with van der Waals surface area (Å²) >= 11 is 0. The number of nitrogens with one attached hydrogen (secondary N) is 3. The SMILES string of the molecule is CC1(C)CC(c2ccccc2NC(=O)Nc2ccc(F)c(F)c2)=NNC1=O. The summed E-state index contributed by atoms with van der Waals surface area (Å²) in [6.07, 6.45) is 0.405. The van der Waals surface area contributed by atoms with Crippen molar-refractivity contribution >= 4 is 29.0 Å². The summed E-state index contributed by atoms with van der Waals surface area (Å²) in [5, 5.41) is 9.22. The number of nitrogens with zero attached hydrogens (tertiary/aromatic N) is 1. The molecule has 6 nitrogen and oxygen atoms in total. The van der Waals surface area contributed by atoms with E-state index in [0.29, 0.717) is 23.4 Å². The van der Waals surface area contributed by atoms with Gasteiger partial charge in [0.05, 0.1) is 16.8 Å². The monoisotopic (exact) mass is 372 g/mol. The van der Waals surface area contributed by atoms with E-state index in [1.54, 1.807) is 24.3 Å². The number of hydrogen-bond donors (Lipinski definition) is 3. The summed E-state index contributed by atoms with van der Waals surface area (Å²) in [6, 6.07) is 9.46. The van der Waals surface area contributed by atoms with E-state index in [4.69, 9.17) is 0 Å². The van der Waals surface area contributed by atoms with Crippen LogP contribution in [0.25, 0.3) is 0 Å². The van der Waals surface area contributed by atoms with Crippen molar-refractivity contribution in [3.05, 3.63) is 59.7 Å². The van der Waals surface area contributed by atoms with Gasteiger partial charge < -0.3 is 10.6 Å². The van der Waals surface area contributed by atoms with Gasteiger partial charge >= 0.3 is 6.03 Å². The third-order valence-corrected chi connectivity index (χ3v) is 4.18. The lowest BCUT2D eigenvalue weighted by Gasteiger charge is -2.28. The zero-order valence-corrected chi connectivity index (χ0v) is 14.8. The van der Waals surface area contributed by atoms with E-state index in [0.717, 1.165) is 12.1 Å². The third kappa shape index (κ3) is 4.11. The Hall–Kier alpha value is -3.29. The quantitative estimate of drug-likeness (QED) is 0.765. The molecule has 0 unspecified atom stereocenters. The first-order chi connectivity index (χ1) is 12.8. The molecule has 27 heavy (non-hydrogen) atoms. The molecular weight excluding hydrogens is 354 g/mol. The molecule has 140 valence electrons. The molecule has 1 aliphatic rings. The lowest BCUT2D eigenvalue weighted by molar-refractivity contribution is -0.129. The molecule has 0 saturated heterocycles. The Morgan fingerprint density at radius 2 is 1.85 bits per heavy atom. The first-order valence-corrected chi connectivity index (χ1v) is 8.26. The van der Waals surface area contributed by atoms with Gasteiger partial charge in [-0.3, -0.25) is 4.79 Å². The van der Waals surface area contributed by atoms with Crippen LogP contribution in [0.1, 0.15) is 25.8 Å². The standard InChI is InChI=1S/C19H18F2N4O2/c1-19(2)10-16(24-25-17(19)26)12-5-3-4-6-15(12)23-18(27)22-11-7-8-13(20)14(21)9-11/h3-9H,10H2,1-2H3,(H,25,26)(H2,22,23,27). The molecule has 3 rings (SSSR count). The van der Waals surface area contributed by atoms with Crippen molar-refractivity contribution in [1.82, 2.24) is 5.43 Å². The highest BCUT2D eigenvalue weighted by Crippen LogP contribution is 2.29. The zero-order chi connectivity index (χ0) is 19.6. The maximum absolute atomic E-state index is 13.3. The molecule has 8 heteroatoms. The number of hydrogen-bond acceptors (Lipinski definition) is 3. The molecule has 2 aromatic rings. The highest BCUT2D eigenvalue weighted by Gasteiger charge is 2.33. The number of hydrazone groups is 1. The maximum atomic E-state index is 13.3. The Balaban J connectivity index is 1.79. The fourth-order valence-corrected chi connectivity index (χ4v) is 2.67. The van der Waals surface area contributed by atoms with E-state index in [1.165, 1.54) is 6.07 Å². The van der Waals surface area contributed by atoms with Crippen molar-refractivity contribution in [2.45, 2.75) is 20.3 Å². The van der Waals surface area contributed by atoms with Crippen LogP contribution in [0.15, 0.2) is 47.6 Å². The molecule has 0 saturated carbocycles. The fraction of sp³-hybridized carbons (Fsp3) is 0.211. The molecule has 0 fully saturated rings. The van der Waals surface area contributed by atoms with Gasteiger partial charge in [0.15, 0.2) is 11.6 Å². The smallest absolute Gasteiger partial charge is 0.308 e. The number of amides is 3. The van der Waals surface area contributed by atoms with Crippen LogP contribution in [0.2, 0.25) is 0 Å². The van der Waals surface area contributed by atoms with Gasteiger partial charge in [-0.25, -0.2) is 19.0 Å². The Labute approximate surface area is 154 Å². The largest absolute Gasteiger partial charge is 0.323 e. The molecule has 0 aliphatic carbocycles. The lowest BCUT2D eigenvalue weighted by Crippen LogP contribution is -2.41. The van der Waals surface area contributed by atoms with Crippen molar-refractivity contribution < 1.29 is 18.4 Å². The minimum Gasteiger partial charge on any atom is -0.308 e. The molecule has 0 bridgehead atoms. The molecule has 2 aromatic carbocycles. The number of rotatable bonds is 3. The second kappa shape index (κ2) is 7.14. The van der Waals surface area contributed by atoms with Crippen molar-refractivity contribution in [3.63, 3.8) is 0 Å². The summed E-state index contributed by atoms with van der Waals surface area (Å²) < 4.78 is 26.3. The molecule has 3 N–H and O–H groups in total.